The standard InChI is InChI=1S/C23H25Cl2N3O2/c24-17-9-10-21(18(25)15-17)30-16-22-26-19-7-3-4-8-20(19)28(22)14-11-23(29)27-12-5-1-2-6-13-27/h3-4,7-10,15H,1-2,5-6,11-14,16H2. The van der Waals surface area contributed by atoms with Gasteiger partial charge >= 0.3 is 0 Å². The Bertz CT molecular complexity index is 1030. The quantitative estimate of drug-likeness (QED) is 0.487. The molecule has 0 N–H and O–H groups in total. The number of hydrogen-bond donors (Lipinski definition) is 0. The number of aromatic nitrogens is 2. The Labute approximate surface area is 186 Å². The molecule has 0 radical (unpaired) electrons. The van der Waals surface area contributed by atoms with Gasteiger partial charge in [0.05, 0.1) is 16.1 Å². The van der Waals surface area contributed by atoms with Gasteiger partial charge in [0.15, 0.2) is 0 Å². The van der Waals surface area contributed by atoms with Crippen molar-refractivity contribution in [3.63, 3.8) is 0 Å². The number of fused-ring (bicyclic) bond motifs is 1. The molecule has 5 nitrogen and oxygen atoms in total. The molecule has 1 aliphatic rings. The fourth-order valence-corrected chi connectivity index (χ4v) is 4.37. The van der Waals surface area contributed by atoms with Crippen LogP contribution >= 0.6 is 23.2 Å². The van der Waals surface area contributed by atoms with Crippen molar-refractivity contribution in [3.8, 4) is 5.75 Å². The van der Waals surface area contributed by atoms with Crippen LogP contribution in [0.3, 0.4) is 0 Å². The van der Waals surface area contributed by atoms with Crippen molar-refractivity contribution in [2.24, 2.45) is 0 Å². The second-order valence-corrected chi connectivity index (χ2v) is 8.42. The van der Waals surface area contributed by atoms with Crippen LogP contribution in [0.4, 0.5) is 0 Å². The van der Waals surface area contributed by atoms with Crippen LogP contribution in [-0.2, 0) is 17.9 Å². The molecule has 1 aromatic heterocycles. The molecule has 1 saturated heterocycles. The highest BCUT2D eigenvalue weighted by atomic mass is 35.5. The molecule has 158 valence electrons. The van der Waals surface area contributed by atoms with E-state index >= 15 is 0 Å². The van der Waals surface area contributed by atoms with Gasteiger partial charge in [-0.2, -0.15) is 0 Å². The summed E-state index contributed by atoms with van der Waals surface area (Å²) in [5.41, 5.74) is 1.89. The first-order valence-electron chi connectivity index (χ1n) is 10.4. The lowest BCUT2D eigenvalue weighted by Gasteiger charge is -2.20. The number of ether oxygens (including phenoxy) is 1. The number of amides is 1. The molecule has 1 fully saturated rings. The van der Waals surface area contributed by atoms with E-state index in [0.29, 0.717) is 28.8 Å². The smallest absolute Gasteiger partial charge is 0.224 e. The van der Waals surface area contributed by atoms with Gasteiger partial charge in [-0.15, -0.1) is 0 Å². The number of hydrogen-bond acceptors (Lipinski definition) is 3. The highest BCUT2D eigenvalue weighted by molar-refractivity contribution is 6.35. The second-order valence-electron chi connectivity index (χ2n) is 7.58. The molecule has 1 aliphatic heterocycles. The van der Waals surface area contributed by atoms with E-state index in [0.717, 1.165) is 42.8 Å². The predicted molar refractivity (Wildman–Crippen MR) is 120 cm³/mol. The molecule has 0 bridgehead atoms. The van der Waals surface area contributed by atoms with Crippen LogP contribution in [0.25, 0.3) is 11.0 Å². The summed E-state index contributed by atoms with van der Waals surface area (Å²) >= 11 is 12.2. The molecule has 4 rings (SSSR count). The minimum atomic E-state index is 0.210. The van der Waals surface area contributed by atoms with E-state index in [1.54, 1.807) is 18.2 Å². The van der Waals surface area contributed by atoms with E-state index in [4.69, 9.17) is 32.9 Å². The van der Waals surface area contributed by atoms with Crippen molar-refractivity contribution >= 4 is 40.1 Å². The zero-order valence-electron chi connectivity index (χ0n) is 16.8. The molecule has 30 heavy (non-hydrogen) atoms. The van der Waals surface area contributed by atoms with E-state index in [1.165, 1.54) is 12.8 Å². The highest BCUT2D eigenvalue weighted by Crippen LogP contribution is 2.28. The van der Waals surface area contributed by atoms with Gasteiger partial charge in [-0.05, 0) is 43.2 Å². The minimum absolute atomic E-state index is 0.210. The van der Waals surface area contributed by atoms with Crippen molar-refractivity contribution in [2.45, 2.75) is 45.3 Å². The second kappa shape index (κ2) is 9.71. The third-order valence-electron chi connectivity index (χ3n) is 5.49. The first-order chi connectivity index (χ1) is 14.6. The average molecular weight is 446 g/mol. The number of carbonyl (C=O) groups excluding carboxylic acids is 1. The van der Waals surface area contributed by atoms with Crippen molar-refractivity contribution in [1.82, 2.24) is 14.5 Å². The number of benzene rings is 2. The number of halogens is 2. The van der Waals surface area contributed by atoms with Gasteiger partial charge in [0.1, 0.15) is 18.2 Å². The van der Waals surface area contributed by atoms with Gasteiger partial charge in [-0.25, -0.2) is 4.98 Å². The van der Waals surface area contributed by atoms with Gasteiger partial charge in [0, 0.05) is 31.1 Å². The molecule has 1 amide bonds. The van der Waals surface area contributed by atoms with E-state index < -0.39 is 0 Å². The molecule has 2 heterocycles. The lowest BCUT2D eigenvalue weighted by molar-refractivity contribution is -0.131. The Kier molecular flexibility index (Phi) is 6.80. The molecular weight excluding hydrogens is 421 g/mol. The van der Waals surface area contributed by atoms with E-state index in [9.17, 15) is 4.79 Å². The fourth-order valence-electron chi connectivity index (χ4n) is 3.91. The first-order valence-corrected chi connectivity index (χ1v) is 11.2. The average Bonchev–Trinajstić information content (AvgIpc) is 2.90. The summed E-state index contributed by atoms with van der Waals surface area (Å²) in [6.45, 7) is 2.57. The summed E-state index contributed by atoms with van der Waals surface area (Å²) in [5, 5.41) is 1.02. The van der Waals surface area contributed by atoms with Crippen LogP contribution in [0.1, 0.15) is 37.9 Å². The van der Waals surface area contributed by atoms with Crippen LogP contribution in [0.5, 0.6) is 5.75 Å². The summed E-state index contributed by atoms with van der Waals surface area (Å²) in [6.07, 6.45) is 5.08. The topological polar surface area (TPSA) is 47.4 Å². The number of likely N-dealkylation sites (tertiary alicyclic amines) is 1. The third kappa shape index (κ3) is 4.90. The number of carbonyl (C=O) groups is 1. The summed E-state index contributed by atoms with van der Waals surface area (Å²) in [6, 6.07) is 13.1. The lowest BCUT2D eigenvalue weighted by Crippen LogP contribution is -2.32. The zero-order valence-corrected chi connectivity index (χ0v) is 18.3. The van der Waals surface area contributed by atoms with Crippen LogP contribution in [0.2, 0.25) is 10.0 Å². The minimum Gasteiger partial charge on any atom is -0.484 e. The Hall–Kier alpha value is -2.24. The molecule has 7 heteroatoms. The van der Waals surface area contributed by atoms with Gasteiger partial charge in [-0.3, -0.25) is 4.79 Å². The normalized spacial score (nSPS) is 14.7. The first kappa shape index (κ1) is 21.0. The van der Waals surface area contributed by atoms with Gasteiger partial charge in [-0.1, -0.05) is 48.2 Å². The van der Waals surface area contributed by atoms with Gasteiger partial charge in [0.25, 0.3) is 0 Å². The van der Waals surface area contributed by atoms with Crippen molar-refractivity contribution in [2.75, 3.05) is 13.1 Å². The number of rotatable bonds is 6. The SMILES string of the molecule is O=C(CCn1c(COc2ccc(Cl)cc2Cl)nc2ccccc21)N1CCCCCC1. The molecule has 3 aromatic rings. The fraction of sp³-hybridized carbons (Fsp3) is 0.391. The lowest BCUT2D eigenvalue weighted by atomic mass is 10.2. The number of para-hydroxylation sites is 2. The zero-order chi connectivity index (χ0) is 20.9. The maximum atomic E-state index is 12.8. The third-order valence-corrected chi connectivity index (χ3v) is 6.02. The Morgan fingerprint density at radius 3 is 2.57 bits per heavy atom. The molecule has 0 aliphatic carbocycles. The van der Waals surface area contributed by atoms with Gasteiger partial charge in [0.2, 0.25) is 5.91 Å². The van der Waals surface area contributed by atoms with E-state index in [2.05, 4.69) is 4.57 Å². The largest absolute Gasteiger partial charge is 0.484 e. The predicted octanol–water partition coefficient (Wildman–Crippen LogP) is 5.71. The van der Waals surface area contributed by atoms with E-state index in [1.807, 2.05) is 29.2 Å². The van der Waals surface area contributed by atoms with Gasteiger partial charge < -0.3 is 14.2 Å². The molecule has 0 spiro atoms. The highest BCUT2D eigenvalue weighted by Gasteiger charge is 2.18. The maximum absolute atomic E-state index is 12.8. The van der Waals surface area contributed by atoms with Crippen LogP contribution in [0, 0.1) is 0 Å². The maximum Gasteiger partial charge on any atom is 0.224 e. The van der Waals surface area contributed by atoms with Crippen molar-refractivity contribution < 1.29 is 9.53 Å². The van der Waals surface area contributed by atoms with Crippen LogP contribution in [-0.4, -0.2) is 33.4 Å². The molecule has 0 unspecified atom stereocenters. The summed E-state index contributed by atoms with van der Waals surface area (Å²) in [7, 11) is 0. The van der Waals surface area contributed by atoms with Crippen LogP contribution in [0.15, 0.2) is 42.5 Å². The van der Waals surface area contributed by atoms with E-state index in [-0.39, 0.29) is 12.5 Å². The summed E-state index contributed by atoms with van der Waals surface area (Å²) in [5.74, 6) is 1.54. The molecular formula is C23H25Cl2N3O2. The summed E-state index contributed by atoms with van der Waals surface area (Å²) < 4.78 is 8.00. The number of aryl methyl sites for hydroxylation is 1. The van der Waals surface area contributed by atoms with Crippen LogP contribution < -0.4 is 4.74 Å². The molecule has 0 atom stereocenters. The monoisotopic (exact) mass is 445 g/mol. The Morgan fingerprint density at radius 1 is 1.03 bits per heavy atom. The number of imidazole rings is 1. The molecule has 2 aromatic carbocycles. The van der Waals surface area contributed by atoms with Crippen molar-refractivity contribution in [3.05, 3.63) is 58.3 Å². The Morgan fingerprint density at radius 2 is 1.80 bits per heavy atom. The molecule has 0 saturated carbocycles. The van der Waals surface area contributed by atoms with Crippen molar-refractivity contribution in [1.29, 1.82) is 0 Å². The Balaban J connectivity index is 1.50. The summed E-state index contributed by atoms with van der Waals surface area (Å²) in [4.78, 5) is 19.5. The number of nitrogens with zero attached hydrogens (tertiary/aromatic N) is 3.